The lowest BCUT2D eigenvalue weighted by Gasteiger charge is -2.03. The summed E-state index contributed by atoms with van der Waals surface area (Å²) in [6, 6.07) is 8.18. The first kappa shape index (κ1) is 8.32. The van der Waals surface area contributed by atoms with E-state index in [1.54, 1.807) is 17.4 Å². The fourth-order valence-electron chi connectivity index (χ4n) is 1.24. The van der Waals surface area contributed by atoms with Crippen molar-refractivity contribution in [2.45, 2.75) is 0 Å². The molecule has 0 fully saturated rings. The van der Waals surface area contributed by atoms with Crippen molar-refractivity contribution >= 4 is 21.4 Å². The summed E-state index contributed by atoms with van der Waals surface area (Å²) >= 11 is 1.73. The van der Waals surface area contributed by atoms with Crippen molar-refractivity contribution in [2.75, 3.05) is 6.61 Å². The van der Waals surface area contributed by atoms with Crippen LogP contribution in [0.3, 0.4) is 0 Å². The van der Waals surface area contributed by atoms with Gasteiger partial charge in [-0.1, -0.05) is 18.7 Å². The van der Waals surface area contributed by atoms with Crippen LogP contribution in [0, 0.1) is 0 Å². The maximum Gasteiger partial charge on any atom is 0.128 e. The van der Waals surface area contributed by atoms with Crippen LogP contribution in [0.2, 0.25) is 0 Å². The third-order valence-electron chi connectivity index (χ3n) is 1.81. The van der Waals surface area contributed by atoms with Crippen molar-refractivity contribution in [1.82, 2.24) is 0 Å². The minimum absolute atomic E-state index is 0.564. The highest BCUT2D eigenvalue weighted by molar-refractivity contribution is 7.17. The molecule has 2 heteroatoms. The predicted octanol–water partition coefficient (Wildman–Crippen LogP) is 3.47. The maximum atomic E-state index is 5.52. The molecule has 0 aliphatic heterocycles. The van der Waals surface area contributed by atoms with Gasteiger partial charge < -0.3 is 4.74 Å². The summed E-state index contributed by atoms with van der Waals surface area (Å²) in [6.07, 6.45) is 1.76. The summed E-state index contributed by atoms with van der Waals surface area (Å²) in [5.41, 5.74) is 0. The van der Waals surface area contributed by atoms with Crippen molar-refractivity contribution < 1.29 is 4.74 Å². The fourth-order valence-corrected chi connectivity index (χ4v) is 2.04. The van der Waals surface area contributed by atoms with Gasteiger partial charge in [-0.05, 0) is 23.6 Å². The third kappa shape index (κ3) is 1.58. The van der Waals surface area contributed by atoms with E-state index in [9.17, 15) is 0 Å². The highest BCUT2D eigenvalue weighted by Gasteiger charge is 2.00. The second-order valence-electron chi connectivity index (χ2n) is 2.69. The van der Waals surface area contributed by atoms with Gasteiger partial charge in [0.1, 0.15) is 12.4 Å². The van der Waals surface area contributed by atoms with Crippen LogP contribution >= 0.6 is 11.3 Å². The molecule has 0 saturated carbocycles. The van der Waals surface area contributed by atoms with Crippen molar-refractivity contribution in [1.29, 1.82) is 0 Å². The van der Waals surface area contributed by atoms with Gasteiger partial charge in [0.05, 0.1) is 0 Å². The first-order valence-electron chi connectivity index (χ1n) is 4.12. The molecule has 2 rings (SSSR count). The minimum atomic E-state index is 0.564. The van der Waals surface area contributed by atoms with Gasteiger partial charge >= 0.3 is 0 Å². The molecular weight excluding hydrogens is 180 g/mol. The second kappa shape index (κ2) is 3.62. The molecule has 2 aromatic rings. The molecule has 0 aliphatic carbocycles. The molecule has 0 radical (unpaired) electrons. The molecule has 0 spiro atoms. The van der Waals surface area contributed by atoms with Gasteiger partial charge in [-0.2, -0.15) is 0 Å². The Morgan fingerprint density at radius 3 is 3.15 bits per heavy atom. The third-order valence-corrected chi connectivity index (χ3v) is 2.69. The number of benzene rings is 1. The zero-order chi connectivity index (χ0) is 9.10. The van der Waals surface area contributed by atoms with Crippen LogP contribution in [-0.2, 0) is 0 Å². The van der Waals surface area contributed by atoms with Crippen LogP contribution in [-0.4, -0.2) is 6.61 Å². The van der Waals surface area contributed by atoms with Crippen LogP contribution in [0.4, 0.5) is 0 Å². The van der Waals surface area contributed by atoms with E-state index in [-0.39, 0.29) is 0 Å². The Labute approximate surface area is 81.3 Å². The van der Waals surface area contributed by atoms with E-state index in [1.807, 2.05) is 12.1 Å². The molecule has 0 amide bonds. The first-order valence-corrected chi connectivity index (χ1v) is 4.99. The largest absolute Gasteiger partial charge is 0.489 e. The summed E-state index contributed by atoms with van der Waals surface area (Å²) in [5.74, 6) is 0.943. The lowest BCUT2D eigenvalue weighted by molar-refractivity contribution is 0.367. The molecule has 1 nitrogen and oxygen atoms in total. The monoisotopic (exact) mass is 190 g/mol. The topological polar surface area (TPSA) is 9.23 Å². The van der Waals surface area contributed by atoms with E-state index < -0.39 is 0 Å². The Kier molecular flexibility index (Phi) is 2.32. The average molecular weight is 190 g/mol. The van der Waals surface area contributed by atoms with E-state index in [4.69, 9.17) is 4.74 Å². The minimum Gasteiger partial charge on any atom is -0.489 e. The van der Waals surface area contributed by atoms with Crippen LogP contribution in [0.25, 0.3) is 10.1 Å². The van der Waals surface area contributed by atoms with Crippen molar-refractivity contribution in [3.63, 3.8) is 0 Å². The molecule has 0 aliphatic rings. The molecule has 1 heterocycles. The van der Waals surface area contributed by atoms with E-state index in [0.29, 0.717) is 6.61 Å². The molecule has 13 heavy (non-hydrogen) atoms. The Morgan fingerprint density at radius 1 is 1.38 bits per heavy atom. The van der Waals surface area contributed by atoms with Gasteiger partial charge in [0.25, 0.3) is 0 Å². The van der Waals surface area contributed by atoms with Gasteiger partial charge in [0.2, 0.25) is 0 Å². The second-order valence-corrected chi connectivity index (χ2v) is 3.64. The molecule has 1 aromatic carbocycles. The summed E-state index contributed by atoms with van der Waals surface area (Å²) in [6.45, 7) is 4.19. The number of hydrogen-bond donors (Lipinski definition) is 0. The summed E-state index contributed by atoms with van der Waals surface area (Å²) in [5, 5.41) is 3.26. The van der Waals surface area contributed by atoms with Crippen molar-refractivity contribution in [3.05, 3.63) is 42.3 Å². The molecular formula is C11H10OS. The van der Waals surface area contributed by atoms with Gasteiger partial charge in [-0.3, -0.25) is 0 Å². The van der Waals surface area contributed by atoms with Gasteiger partial charge in [-0.15, -0.1) is 11.3 Å². The first-order chi connectivity index (χ1) is 6.42. The van der Waals surface area contributed by atoms with Crippen LogP contribution in [0.1, 0.15) is 0 Å². The van der Waals surface area contributed by atoms with E-state index in [2.05, 4.69) is 24.1 Å². The normalized spacial score (nSPS) is 10.2. The number of hydrogen-bond acceptors (Lipinski definition) is 2. The number of thiophene rings is 1. The molecule has 0 bridgehead atoms. The lowest BCUT2D eigenvalue weighted by Crippen LogP contribution is -1.92. The van der Waals surface area contributed by atoms with Crippen molar-refractivity contribution in [3.8, 4) is 5.75 Å². The molecule has 0 saturated heterocycles. The predicted molar refractivity (Wildman–Crippen MR) is 57.5 cm³/mol. The summed E-state index contributed by atoms with van der Waals surface area (Å²) in [7, 11) is 0. The smallest absolute Gasteiger partial charge is 0.128 e. The highest BCUT2D eigenvalue weighted by atomic mass is 32.1. The Bertz CT molecular complexity index is 417. The highest BCUT2D eigenvalue weighted by Crippen LogP contribution is 2.29. The molecule has 66 valence electrons. The van der Waals surface area contributed by atoms with Crippen LogP contribution in [0.5, 0.6) is 5.75 Å². The Hall–Kier alpha value is -1.28. The van der Waals surface area contributed by atoms with Crippen LogP contribution < -0.4 is 4.74 Å². The van der Waals surface area contributed by atoms with Gasteiger partial charge in [-0.25, -0.2) is 0 Å². The SMILES string of the molecule is C=CCOc1cccc2sccc12. The van der Waals surface area contributed by atoms with E-state index >= 15 is 0 Å². The lowest BCUT2D eigenvalue weighted by atomic mass is 10.2. The number of rotatable bonds is 3. The zero-order valence-electron chi connectivity index (χ0n) is 7.19. The molecule has 0 N–H and O–H groups in total. The van der Waals surface area contributed by atoms with Gasteiger partial charge in [0.15, 0.2) is 0 Å². The Balaban J connectivity index is 2.42. The number of fused-ring (bicyclic) bond motifs is 1. The van der Waals surface area contributed by atoms with E-state index in [1.165, 1.54) is 10.1 Å². The quantitative estimate of drug-likeness (QED) is 0.673. The zero-order valence-corrected chi connectivity index (χ0v) is 8.01. The average Bonchev–Trinajstić information content (AvgIpc) is 2.62. The summed E-state index contributed by atoms with van der Waals surface area (Å²) < 4.78 is 6.78. The fraction of sp³-hybridized carbons (Fsp3) is 0.0909. The maximum absolute atomic E-state index is 5.52. The molecule has 1 aromatic heterocycles. The molecule has 0 unspecified atom stereocenters. The van der Waals surface area contributed by atoms with Gasteiger partial charge in [0, 0.05) is 10.1 Å². The standard InChI is InChI=1S/C11H10OS/c1-2-7-12-10-4-3-5-11-9(10)6-8-13-11/h2-6,8H,1,7H2. The van der Waals surface area contributed by atoms with Crippen LogP contribution in [0.15, 0.2) is 42.3 Å². The Morgan fingerprint density at radius 2 is 2.31 bits per heavy atom. The summed E-state index contributed by atoms with van der Waals surface area (Å²) in [4.78, 5) is 0. The van der Waals surface area contributed by atoms with E-state index in [0.717, 1.165) is 5.75 Å². The van der Waals surface area contributed by atoms with Crippen molar-refractivity contribution in [2.24, 2.45) is 0 Å². The number of ether oxygens (including phenoxy) is 1. The molecule has 0 atom stereocenters.